The third-order valence-electron chi connectivity index (χ3n) is 5.79. The van der Waals surface area contributed by atoms with E-state index in [9.17, 15) is 19.8 Å². The summed E-state index contributed by atoms with van der Waals surface area (Å²) in [5.41, 5.74) is 0.434. The normalized spacial score (nSPS) is 17.2. The van der Waals surface area contributed by atoms with Crippen molar-refractivity contribution in [1.82, 2.24) is 9.80 Å². The number of aliphatic hydroxyl groups is 1. The summed E-state index contributed by atoms with van der Waals surface area (Å²) in [6, 6.07) is 6.55. The van der Waals surface area contributed by atoms with E-state index in [1.807, 2.05) is 19.0 Å². The number of carbonyl (C=O) groups is 2. The Morgan fingerprint density at radius 2 is 1.69 bits per heavy atom. The summed E-state index contributed by atoms with van der Waals surface area (Å²) in [6.45, 7) is 0.947. The highest BCUT2D eigenvalue weighted by Crippen LogP contribution is 2.44. The van der Waals surface area contributed by atoms with Gasteiger partial charge in [0, 0.05) is 12.6 Å². The number of ether oxygens (including phenoxy) is 3. The Morgan fingerprint density at radius 1 is 1.03 bits per heavy atom. The van der Waals surface area contributed by atoms with E-state index in [0.717, 1.165) is 0 Å². The molecule has 1 saturated heterocycles. The third-order valence-corrected chi connectivity index (χ3v) is 6.09. The molecule has 9 nitrogen and oxygen atoms in total. The Labute approximate surface area is 209 Å². The van der Waals surface area contributed by atoms with Crippen LogP contribution in [-0.2, 0) is 9.59 Å². The summed E-state index contributed by atoms with van der Waals surface area (Å²) >= 11 is 6.28. The fraction of sp³-hybridized carbons (Fsp3) is 0.360. The largest absolute Gasteiger partial charge is 0.507 e. The van der Waals surface area contributed by atoms with Gasteiger partial charge in [0.2, 0.25) is 0 Å². The fourth-order valence-corrected chi connectivity index (χ4v) is 4.32. The molecular formula is C25H29ClN2O7. The van der Waals surface area contributed by atoms with Crippen LogP contribution in [0.15, 0.2) is 35.9 Å². The van der Waals surface area contributed by atoms with Crippen LogP contribution in [-0.4, -0.2) is 80.2 Å². The highest BCUT2D eigenvalue weighted by atomic mass is 35.5. The smallest absolute Gasteiger partial charge is 0.295 e. The summed E-state index contributed by atoms with van der Waals surface area (Å²) in [5.74, 6) is -1.43. The van der Waals surface area contributed by atoms with E-state index in [1.54, 1.807) is 6.07 Å². The minimum Gasteiger partial charge on any atom is -0.507 e. The molecule has 10 heteroatoms. The highest BCUT2D eigenvalue weighted by Gasteiger charge is 2.46. The van der Waals surface area contributed by atoms with Gasteiger partial charge in [-0.15, -0.1) is 0 Å². The average Bonchev–Trinajstić information content (AvgIpc) is 3.08. The minimum absolute atomic E-state index is 0.132. The van der Waals surface area contributed by atoms with E-state index >= 15 is 0 Å². The van der Waals surface area contributed by atoms with E-state index in [1.165, 1.54) is 50.5 Å². The van der Waals surface area contributed by atoms with Crippen molar-refractivity contribution in [3.63, 3.8) is 0 Å². The van der Waals surface area contributed by atoms with Gasteiger partial charge in [-0.1, -0.05) is 17.7 Å². The summed E-state index contributed by atoms with van der Waals surface area (Å²) < 4.78 is 15.7. The van der Waals surface area contributed by atoms with E-state index in [2.05, 4.69) is 0 Å². The first kappa shape index (κ1) is 26.2. The Bertz CT molecular complexity index is 1160. The quantitative estimate of drug-likeness (QED) is 0.304. The Hall–Kier alpha value is -3.43. The first-order chi connectivity index (χ1) is 16.6. The Morgan fingerprint density at radius 3 is 2.26 bits per heavy atom. The molecule has 2 N–H and O–H groups in total. The number of halogens is 1. The molecule has 3 rings (SSSR count). The molecule has 1 amide bonds. The van der Waals surface area contributed by atoms with Crippen molar-refractivity contribution >= 4 is 29.1 Å². The maximum absolute atomic E-state index is 13.2. The molecule has 188 valence electrons. The molecule has 0 radical (unpaired) electrons. The number of phenols is 1. The van der Waals surface area contributed by atoms with Crippen LogP contribution in [0, 0.1) is 0 Å². The first-order valence-electron chi connectivity index (χ1n) is 10.9. The molecule has 35 heavy (non-hydrogen) atoms. The van der Waals surface area contributed by atoms with Crippen LogP contribution in [0.25, 0.3) is 5.76 Å². The zero-order valence-corrected chi connectivity index (χ0v) is 21.0. The number of methoxy groups -OCH3 is 3. The lowest BCUT2D eigenvalue weighted by atomic mass is 9.94. The van der Waals surface area contributed by atoms with E-state index in [4.69, 9.17) is 25.8 Å². The maximum Gasteiger partial charge on any atom is 0.295 e. The van der Waals surface area contributed by atoms with Gasteiger partial charge in [0.05, 0.1) is 43.5 Å². The molecule has 1 atom stereocenters. The molecule has 1 aliphatic heterocycles. The summed E-state index contributed by atoms with van der Waals surface area (Å²) in [6.07, 6.45) is 0.594. The van der Waals surface area contributed by atoms with Gasteiger partial charge in [-0.3, -0.25) is 9.59 Å². The van der Waals surface area contributed by atoms with E-state index < -0.39 is 23.5 Å². The van der Waals surface area contributed by atoms with Crippen molar-refractivity contribution in [2.75, 3.05) is 48.5 Å². The van der Waals surface area contributed by atoms with Crippen molar-refractivity contribution < 1.29 is 34.0 Å². The molecule has 2 aromatic rings. The molecule has 0 aromatic heterocycles. The van der Waals surface area contributed by atoms with Crippen molar-refractivity contribution in [3.05, 3.63) is 52.1 Å². The standard InChI is InChI=1S/C25H29ClN2O7/c1-27(2)9-6-10-28-22(14-7-8-18(33-3)17(29)11-14)21(24(31)25(28)32)23(30)15-12-16(26)20(35-5)13-19(15)34-4/h7-8,11-13,22,29-30H,6,9-10H2,1-5H3/b23-21+. The zero-order chi connectivity index (χ0) is 25.9. The van der Waals surface area contributed by atoms with Gasteiger partial charge >= 0.3 is 0 Å². The van der Waals surface area contributed by atoms with Crippen LogP contribution >= 0.6 is 11.6 Å². The van der Waals surface area contributed by atoms with Gasteiger partial charge in [0.1, 0.15) is 17.3 Å². The van der Waals surface area contributed by atoms with Gasteiger partial charge in [-0.05, 0) is 50.8 Å². The molecular weight excluding hydrogens is 476 g/mol. The van der Waals surface area contributed by atoms with Crippen molar-refractivity contribution in [2.24, 2.45) is 0 Å². The van der Waals surface area contributed by atoms with Crippen LogP contribution in [0.5, 0.6) is 23.0 Å². The number of aromatic hydroxyl groups is 1. The number of hydrogen-bond acceptors (Lipinski definition) is 8. The second-order valence-corrected chi connectivity index (χ2v) is 8.67. The van der Waals surface area contributed by atoms with Crippen LogP contribution in [0.4, 0.5) is 0 Å². The van der Waals surface area contributed by atoms with Crippen molar-refractivity contribution in [1.29, 1.82) is 0 Å². The molecule has 1 heterocycles. The number of aliphatic hydroxyl groups excluding tert-OH is 1. The monoisotopic (exact) mass is 504 g/mol. The van der Waals surface area contributed by atoms with Gasteiger partial charge in [0.25, 0.3) is 11.7 Å². The molecule has 0 bridgehead atoms. The lowest BCUT2D eigenvalue weighted by Gasteiger charge is -2.26. The lowest BCUT2D eigenvalue weighted by Crippen LogP contribution is -2.32. The van der Waals surface area contributed by atoms with Crippen LogP contribution < -0.4 is 14.2 Å². The Balaban J connectivity index is 2.21. The number of hydrogen-bond donors (Lipinski definition) is 2. The number of nitrogens with zero attached hydrogens (tertiary/aromatic N) is 2. The molecule has 0 aliphatic carbocycles. The van der Waals surface area contributed by atoms with E-state index in [-0.39, 0.29) is 40.0 Å². The SMILES string of the molecule is COc1ccc(C2/C(=C(\O)c3cc(Cl)c(OC)cc3OC)C(=O)C(=O)N2CCCN(C)C)cc1O. The molecule has 0 saturated carbocycles. The number of carbonyl (C=O) groups excluding carboxylic acids is 2. The maximum atomic E-state index is 13.2. The van der Waals surface area contributed by atoms with Crippen LogP contribution in [0.3, 0.4) is 0 Å². The topological polar surface area (TPSA) is 109 Å². The first-order valence-corrected chi connectivity index (χ1v) is 11.2. The molecule has 1 aliphatic rings. The van der Waals surface area contributed by atoms with Crippen molar-refractivity contribution in [2.45, 2.75) is 12.5 Å². The van der Waals surface area contributed by atoms with Crippen LogP contribution in [0.2, 0.25) is 5.02 Å². The molecule has 1 fully saturated rings. The molecule has 0 spiro atoms. The second-order valence-electron chi connectivity index (χ2n) is 8.27. The number of Topliss-reactive ketones (excluding diaryl/α,β-unsaturated/α-hetero) is 1. The van der Waals surface area contributed by atoms with Crippen molar-refractivity contribution in [3.8, 4) is 23.0 Å². The number of likely N-dealkylation sites (tertiary alicyclic amines) is 1. The predicted octanol–water partition coefficient (Wildman–Crippen LogP) is 3.44. The highest BCUT2D eigenvalue weighted by molar-refractivity contribution is 6.46. The predicted molar refractivity (Wildman–Crippen MR) is 131 cm³/mol. The number of rotatable bonds is 9. The fourth-order valence-electron chi connectivity index (χ4n) is 4.08. The number of ketones is 1. The minimum atomic E-state index is -0.945. The molecule has 1 unspecified atom stereocenters. The molecule has 2 aromatic carbocycles. The summed E-state index contributed by atoms with van der Waals surface area (Å²) in [5, 5.41) is 21.9. The van der Waals surface area contributed by atoms with Gasteiger partial charge in [-0.25, -0.2) is 0 Å². The second kappa shape index (κ2) is 10.9. The van der Waals surface area contributed by atoms with E-state index in [0.29, 0.717) is 24.3 Å². The van der Waals surface area contributed by atoms with Crippen LogP contribution in [0.1, 0.15) is 23.6 Å². The Kier molecular flexibility index (Phi) is 8.14. The summed E-state index contributed by atoms with van der Waals surface area (Å²) in [7, 11) is 8.08. The number of benzene rings is 2. The average molecular weight is 505 g/mol. The summed E-state index contributed by atoms with van der Waals surface area (Å²) in [4.78, 5) is 29.7. The van der Waals surface area contributed by atoms with Gasteiger partial charge in [-0.2, -0.15) is 0 Å². The number of phenolic OH excluding ortho intramolecular Hbond substituents is 1. The van der Waals surface area contributed by atoms with Gasteiger partial charge in [0.15, 0.2) is 11.5 Å². The zero-order valence-electron chi connectivity index (χ0n) is 20.3. The lowest BCUT2D eigenvalue weighted by molar-refractivity contribution is -0.139. The number of amides is 1. The third kappa shape index (κ3) is 5.16. The van der Waals surface area contributed by atoms with Gasteiger partial charge < -0.3 is 34.2 Å².